The fraction of sp³-hybridized carbons (Fsp3) is 1.00. The number of aliphatic hydroxyl groups excluding tert-OH is 2. The molecule has 4 heteroatoms. The van der Waals surface area contributed by atoms with Crippen LogP contribution in [0.3, 0.4) is 0 Å². The van der Waals surface area contributed by atoms with E-state index in [1.165, 1.54) is 0 Å². The minimum atomic E-state index is -0.860. The minimum absolute atomic E-state index is 0.0935. The van der Waals surface area contributed by atoms with Gasteiger partial charge in [-0.1, -0.05) is 6.92 Å². The van der Waals surface area contributed by atoms with Gasteiger partial charge in [0.05, 0.1) is 6.10 Å². The molecule has 0 aromatic heterocycles. The zero-order chi connectivity index (χ0) is 13.8. The highest BCUT2D eigenvalue weighted by Gasteiger charge is 2.53. The second-order valence-electron chi connectivity index (χ2n) is 7.61. The molecule has 6 atom stereocenters. The predicted octanol–water partition coefficient (Wildman–Crippen LogP) is 2.03. The van der Waals surface area contributed by atoms with E-state index in [-0.39, 0.29) is 17.8 Å². The molecular formula is C15H26O4. The lowest BCUT2D eigenvalue weighted by Gasteiger charge is -2.49. The van der Waals surface area contributed by atoms with Crippen LogP contribution in [-0.4, -0.2) is 34.5 Å². The molecule has 1 aliphatic heterocycles. The van der Waals surface area contributed by atoms with Gasteiger partial charge in [0.1, 0.15) is 5.60 Å². The normalized spacial score (nSPS) is 53.2. The van der Waals surface area contributed by atoms with Crippen LogP contribution in [0.25, 0.3) is 0 Å². The molecule has 1 heterocycles. The van der Waals surface area contributed by atoms with Gasteiger partial charge in [0.25, 0.3) is 0 Å². The number of rotatable bonds is 1. The molecule has 3 rings (SSSR count). The molecule has 1 saturated heterocycles. The Kier molecular flexibility index (Phi) is 3.21. The highest BCUT2D eigenvalue weighted by atomic mass is 16.8. The molecule has 4 nitrogen and oxygen atoms in total. The van der Waals surface area contributed by atoms with E-state index in [4.69, 9.17) is 9.47 Å². The fourth-order valence-electron chi connectivity index (χ4n) is 4.23. The summed E-state index contributed by atoms with van der Waals surface area (Å²) in [6, 6.07) is 0. The Bertz CT molecular complexity index is 356. The van der Waals surface area contributed by atoms with Gasteiger partial charge in [-0.3, -0.25) is 0 Å². The molecule has 0 radical (unpaired) electrons. The number of hydrogen-bond donors (Lipinski definition) is 2. The van der Waals surface area contributed by atoms with Crippen LogP contribution in [-0.2, 0) is 9.47 Å². The predicted molar refractivity (Wildman–Crippen MR) is 70.2 cm³/mol. The molecule has 2 unspecified atom stereocenters. The van der Waals surface area contributed by atoms with Crippen molar-refractivity contribution in [3.05, 3.63) is 0 Å². The minimum Gasteiger partial charge on any atom is -0.393 e. The van der Waals surface area contributed by atoms with E-state index < -0.39 is 11.9 Å². The molecule has 110 valence electrons. The molecule has 2 aliphatic carbocycles. The molecule has 19 heavy (non-hydrogen) atoms. The van der Waals surface area contributed by atoms with Crippen molar-refractivity contribution in [2.24, 2.45) is 17.3 Å². The summed E-state index contributed by atoms with van der Waals surface area (Å²) >= 11 is 0. The van der Waals surface area contributed by atoms with Crippen molar-refractivity contribution in [1.82, 2.24) is 0 Å². The maximum absolute atomic E-state index is 10.1. The van der Waals surface area contributed by atoms with Crippen molar-refractivity contribution in [3.8, 4) is 0 Å². The van der Waals surface area contributed by atoms with Crippen LogP contribution in [0.15, 0.2) is 0 Å². The monoisotopic (exact) mass is 270 g/mol. The van der Waals surface area contributed by atoms with E-state index >= 15 is 0 Å². The first kappa shape index (κ1) is 13.8. The van der Waals surface area contributed by atoms with E-state index in [2.05, 4.69) is 6.92 Å². The molecule has 2 bridgehead atoms. The lowest BCUT2D eigenvalue weighted by Crippen LogP contribution is -2.46. The van der Waals surface area contributed by atoms with Crippen molar-refractivity contribution in [3.63, 3.8) is 0 Å². The van der Waals surface area contributed by atoms with Crippen molar-refractivity contribution in [1.29, 1.82) is 0 Å². The van der Waals surface area contributed by atoms with Gasteiger partial charge in [0, 0.05) is 5.41 Å². The van der Waals surface area contributed by atoms with Gasteiger partial charge < -0.3 is 19.7 Å². The standard InChI is InChI=1S/C15H26O4/c1-14(2)12(17)18-13(19-14)15(3)7-9-4-5-11(16)10(6-9)8-15/h9-13,16-17H,4-8H2,1-3H3/t9-,10+,11+,12?,13?,15-/m0/s1. The Balaban J connectivity index is 1.77. The summed E-state index contributed by atoms with van der Waals surface area (Å²) in [5.74, 6) is 1.03. The largest absolute Gasteiger partial charge is 0.393 e. The van der Waals surface area contributed by atoms with E-state index in [0.29, 0.717) is 11.8 Å². The van der Waals surface area contributed by atoms with Crippen molar-refractivity contribution >= 4 is 0 Å². The zero-order valence-corrected chi connectivity index (χ0v) is 12.1. The molecule has 0 spiro atoms. The van der Waals surface area contributed by atoms with Gasteiger partial charge in [-0.05, 0) is 57.8 Å². The highest BCUT2D eigenvalue weighted by molar-refractivity contribution is 4.97. The maximum atomic E-state index is 10.1. The Morgan fingerprint density at radius 2 is 1.79 bits per heavy atom. The van der Waals surface area contributed by atoms with Crippen LogP contribution >= 0.6 is 0 Å². The molecule has 3 aliphatic rings. The Morgan fingerprint density at radius 3 is 2.42 bits per heavy atom. The lowest BCUT2D eigenvalue weighted by molar-refractivity contribution is -0.198. The van der Waals surface area contributed by atoms with Gasteiger partial charge in [-0.25, -0.2) is 0 Å². The number of fused-ring (bicyclic) bond motifs is 2. The van der Waals surface area contributed by atoms with Gasteiger partial charge in [-0.2, -0.15) is 0 Å². The smallest absolute Gasteiger partial charge is 0.186 e. The summed E-state index contributed by atoms with van der Waals surface area (Å²) in [4.78, 5) is 0. The van der Waals surface area contributed by atoms with Crippen LogP contribution in [0.1, 0.15) is 52.9 Å². The first-order valence-electron chi connectivity index (χ1n) is 7.49. The number of aliphatic hydroxyl groups is 2. The van der Waals surface area contributed by atoms with Crippen LogP contribution in [0.2, 0.25) is 0 Å². The third-order valence-corrected chi connectivity index (χ3v) is 5.36. The Labute approximate surface area is 115 Å². The SMILES string of the molecule is CC1(C)OC([C@@]2(C)C[C@H]3CC[C@@H](O)[C@H](C3)C2)OC1O. The average Bonchev–Trinajstić information content (AvgIpc) is 2.60. The van der Waals surface area contributed by atoms with Crippen LogP contribution in [0.5, 0.6) is 0 Å². The fourth-order valence-corrected chi connectivity index (χ4v) is 4.23. The quantitative estimate of drug-likeness (QED) is 0.765. The van der Waals surface area contributed by atoms with Gasteiger partial charge in [-0.15, -0.1) is 0 Å². The summed E-state index contributed by atoms with van der Waals surface area (Å²) in [7, 11) is 0. The Morgan fingerprint density at radius 1 is 1.05 bits per heavy atom. The van der Waals surface area contributed by atoms with E-state index in [1.807, 2.05) is 13.8 Å². The van der Waals surface area contributed by atoms with E-state index in [1.54, 1.807) is 0 Å². The topological polar surface area (TPSA) is 58.9 Å². The zero-order valence-electron chi connectivity index (χ0n) is 12.1. The molecule has 2 N–H and O–H groups in total. The summed E-state index contributed by atoms with van der Waals surface area (Å²) in [6.45, 7) is 5.90. The van der Waals surface area contributed by atoms with Crippen LogP contribution in [0, 0.1) is 17.3 Å². The molecule has 0 aromatic carbocycles. The van der Waals surface area contributed by atoms with Crippen LogP contribution in [0.4, 0.5) is 0 Å². The summed E-state index contributed by atoms with van der Waals surface area (Å²) in [6.07, 6.45) is 3.79. The Hall–Kier alpha value is -0.160. The third kappa shape index (κ3) is 2.33. The van der Waals surface area contributed by atoms with Gasteiger partial charge in [0.15, 0.2) is 12.6 Å². The summed E-state index contributed by atoms with van der Waals surface area (Å²) < 4.78 is 11.6. The number of ether oxygens (including phenoxy) is 2. The lowest BCUT2D eigenvalue weighted by atomic mass is 9.60. The van der Waals surface area contributed by atoms with E-state index in [9.17, 15) is 10.2 Å². The summed E-state index contributed by atoms with van der Waals surface area (Å²) in [5, 5.41) is 20.1. The first-order chi connectivity index (χ1) is 8.80. The van der Waals surface area contributed by atoms with Crippen molar-refractivity contribution in [2.75, 3.05) is 0 Å². The van der Waals surface area contributed by atoms with E-state index in [0.717, 1.165) is 32.1 Å². The molecule has 3 fully saturated rings. The molecular weight excluding hydrogens is 244 g/mol. The average molecular weight is 270 g/mol. The second-order valence-corrected chi connectivity index (χ2v) is 7.61. The third-order valence-electron chi connectivity index (χ3n) is 5.36. The molecule has 2 saturated carbocycles. The van der Waals surface area contributed by atoms with Crippen molar-refractivity contribution < 1.29 is 19.7 Å². The summed E-state index contributed by atoms with van der Waals surface area (Å²) in [5.41, 5.74) is -0.734. The highest BCUT2D eigenvalue weighted by Crippen LogP contribution is 2.53. The van der Waals surface area contributed by atoms with Gasteiger partial charge in [0.2, 0.25) is 0 Å². The van der Waals surface area contributed by atoms with Crippen LogP contribution < -0.4 is 0 Å². The van der Waals surface area contributed by atoms with Crippen molar-refractivity contribution in [2.45, 2.75) is 77.2 Å². The molecule has 0 amide bonds. The second kappa shape index (κ2) is 4.42. The maximum Gasteiger partial charge on any atom is 0.186 e. The first-order valence-corrected chi connectivity index (χ1v) is 7.49. The number of hydrogen-bond acceptors (Lipinski definition) is 4. The molecule has 0 aromatic rings. The van der Waals surface area contributed by atoms with Gasteiger partial charge >= 0.3 is 0 Å².